The van der Waals surface area contributed by atoms with Gasteiger partial charge in [-0.3, -0.25) is 0 Å². The summed E-state index contributed by atoms with van der Waals surface area (Å²) in [7, 11) is 0. The molecule has 0 amide bonds. The van der Waals surface area contributed by atoms with Gasteiger partial charge in [-0.15, -0.1) is 0 Å². The summed E-state index contributed by atoms with van der Waals surface area (Å²) in [6, 6.07) is 10.1. The first kappa shape index (κ1) is 12.5. The van der Waals surface area contributed by atoms with Crippen LogP contribution in [0.5, 0.6) is 0 Å². The number of fused-ring (bicyclic) bond motifs is 3. The third-order valence-corrected chi connectivity index (χ3v) is 4.14. The minimum atomic E-state index is 0.248. The molecule has 0 N–H and O–H groups in total. The first-order valence-electron chi connectivity index (χ1n) is 6.99. The Hall–Kier alpha value is -2.19. The minimum absolute atomic E-state index is 0.248. The second kappa shape index (κ2) is 4.97. The third-order valence-electron chi connectivity index (χ3n) is 3.97. The molecule has 2 aliphatic rings. The summed E-state index contributed by atoms with van der Waals surface area (Å²) in [5, 5.41) is 0.310. The van der Waals surface area contributed by atoms with Gasteiger partial charge >= 0.3 is 0 Å². The molecule has 0 aliphatic heterocycles. The Morgan fingerprint density at radius 1 is 0.905 bits per heavy atom. The molecule has 2 nitrogen and oxygen atoms in total. The molecule has 21 heavy (non-hydrogen) atoms. The van der Waals surface area contributed by atoms with Crippen LogP contribution in [0.4, 0.5) is 0 Å². The van der Waals surface area contributed by atoms with Crippen LogP contribution in [0, 0.1) is 5.92 Å². The van der Waals surface area contributed by atoms with Crippen LogP contribution in [0.1, 0.15) is 17.2 Å². The fraction of sp³-hybridized carbons (Fsp3) is 0.111. The van der Waals surface area contributed by atoms with E-state index in [1.807, 2.05) is 18.2 Å². The lowest BCUT2D eigenvalue weighted by Gasteiger charge is -2.27. The monoisotopic (exact) mass is 292 g/mol. The van der Waals surface area contributed by atoms with Crippen LogP contribution >= 0.6 is 11.6 Å². The number of rotatable bonds is 1. The smallest absolute Gasteiger partial charge is 0.222 e. The van der Waals surface area contributed by atoms with Crippen LogP contribution < -0.4 is 0 Å². The molecule has 0 saturated heterocycles. The molecule has 0 saturated carbocycles. The highest BCUT2D eigenvalue weighted by Gasteiger charge is 2.28. The van der Waals surface area contributed by atoms with Crippen molar-refractivity contribution in [2.75, 3.05) is 0 Å². The highest BCUT2D eigenvalue weighted by molar-refractivity contribution is 6.28. The number of halogens is 1. The number of aromatic nitrogens is 2. The summed E-state index contributed by atoms with van der Waals surface area (Å²) in [5.74, 6) is 0.607. The average Bonchev–Trinajstić information content (AvgIpc) is 2.55. The topological polar surface area (TPSA) is 25.8 Å². The molecule has 1 aromatic carbocycles. The van der Waals surface area contributed by atoms with E-state index in [0.29, 0.717) is 11.2 Å². The van der Waals surface area contributed by atoms with Crippen molar-refractivity contribution >= 4 is 17.7 Å². The van der Waals surface area contributed by atoms with Gasteiger partial charge in [0.25, 0.3) is 0 Å². The first-order chi connectivity index (χ1) is 10.3. The Kier molecular flexibility index (Phi) is 2.97. The second-order valence-corrected chi connectivity index (χ2v) is 5.58. The summed E-state index contributed by atoms with van der Waals surface area (Å²) in [6.45, 7) is 0. The lowest BCUT2D eigenvalue weighted by Crippen LogP contribution is -2.16. The molecule has 2 aliphatic carbocycles. The van der Waals surface area contributed by atoms with Crippen LogP contribution in [-0.2, 0) is 0 Å². The zero-order chi connectivity index (χ0) is 14.2. The van der Waals surface area contributed by atoms with Crippen molar-refractivity contribution in [2.45, 2.75) is 5.92 Å². The van der Waals surface area contributed by atoms with Gasteiger partial charge in [-0.1, -0.05) is 66.8 Å². The number of benzene rings is 1. The van der Waals surface area contributed by atoms with Crippen molar-refractivity contribution in [3.05, 3.63) is 77.3 Å². The second-order valence-electron chi connectivity index (χ2n) is 5.24. The van der Waals surface area contributed by atoms with Crippen molar-refractivity contribution < 1.29 is 0 Å². The molecule has 0 spiro atoms. The Morgan fingerprint density at radius 2 is 1.71 bits per heavy atom. The van der Waals surface area contributed by atoms with Gasteiger partial charge in [0.2, 0.25) is 5.28 Å². The lowest BCUT2D eigenvalue weighted by molar-refractivity contribution is 0.668. The predicted molar refractivity (Wildman–Crippen MR) is 86.0 cm³/mol. The van der Waals surface area contributed by atoms with Crippen LogP contribution in [0.15, 0.2) is 60.7 Å². The summed E-state index contributed by atoms with van der Waals surface area (Å²) >= 11 is 6.17. The fourth-order valence-electron chi connectivity index (χ4n) is 2.98. The largest absolute Gasteiger partial charge is 0.223 e. The van der Waals surface area contributed by atoms with E-state index in [0.717, 1.165) is 22.5 Å². The van der Waals surface area contributed by atoms with E-state index in [9.17, 15) is 0 Å². The molecule has 1 aromatic heterocycles. The molecule has 4 rings (SSSR count). The van der Waals surface area contributed by atoms with Gasteiger partial charge in [-0.05, 0) is 11.6 Å². The van der Waals surface area contributed by atoms with Gasteiger partial charge in [0.05, 0.1) is 11.4 Å². The Morgan fingerprint density at radius 3 is 2.57 bits per heavy atom. The van der Waals surface area contributed by atoms with Gasteiger partial charge in [0.15, 0.2) is 0 Å². The number of nitrogens with zero attached hydrogens (tertiary/aromatic N) is 2. The number of hydrogen-bond donors (Lipinski definition) is 0. The standard InChI is InChI=1S/C18H13ClN2/c19-18-20-16(13-7-2-1-3-8-13)15-11-10-12-6-4-5-9-14(12)17(15)21-18/h1-12,14H. The predicted octanol–water partition coefficient (Wildman–Crippen LogP) is 4.65. The third kappa shape index (κ3) is 2.12. The van der Waals surface area contributed by atoms with E-state index in [2.05, 4.69) is 58.6 Å². The van der Waals surface area contributed by atoms with Crippen molar-refractivity contribution in [3.8, 4) is 11.3 Å². The van der Waals surface area contributed by atoms with Crippen LogP contribution in [-0.4, -0.2) is 9.97 Å². The molecule has 0 bridgehead atoms. The van der Waals surface area contributed by atoms with Crippen LogP contribution in [0.25, 0.3) is 17.3 Å². The highest BCUT2D eigenvalue weighted by Crippen LogP contribution is 2.40. The zero-order valence-electron chi connectivity index (χ0n) is 11.3. The van der Waals surface area contributed by atoms with E-state index in [1.165, 1.54) is 0 Å². The normalized spacial score (nSPS) is 22.0. The van der Waals surface area contributed by atoms with E-state index in [4.69, 9.17) is 11.6 Å². The molecular formula is C18H13ClN2. The zero-order valence-corrected chi connectivity index (χ0v) is 12.0. The van der Waals surface area contributed by atoms with E-state index < -0.39 is 0 Å². The fourth-order valence-corrected chi connectivity index (χ4v) is 3.16. The quantitative estimate of drug-likeness (QED) is 0.715. The molecule has 2 unspecified atom stereocenters. The summed E-state index contributed by atoms with van der Waals surface area (Å²) in [6.07, 6.45) is 12.9. The molecule has 2 aromatic rings. The average molecular weight is 293 g/mol. The molecule has 2 atom stereocenters. The molecule has 0 radical (unpaired) electrons. The first-order valence-corrected chi connectivity index (χ1v) is 7.37. The summed E-state index contributed by atoms with van der Waals surface area (Å²) in [4.78, 5) is 8.96. The van der Waals surface area contributed by atoms with Crippen LogP contribution in [0.2, 0.25) is 5.28 Å². The van der Waals surface area contributed by atoms with Crippen molar-refractivity contribution in [1.29, 1.82) is 0 Å². The van der Waals surface area contributed by atoms with Gasteiger partial charge in [-0.25, -0.2) is 9.97 Å². The van der Waals surface area contributed by atoms with Gasteiger partial charge in [0, 0.05) is 23.0 Å². The van der Waals surface area contributed by atoms with Crippen molar-refractivity contribution in [3.63, 3.8) is 0 Å². The lowest BCUT2D eigenvalue weighted by atomic mass is 9.79. The van der Waals surface area contributed by atoms with Gasteiger partial charge in [-0.2, -0.15) is 0 Å². The maximum absolute atomic E-state index is 6.17. The van der Waals surface area contributed by atoms with E-state index in [-0.39, 0.29) is 5.92 Å². The molecule has 0 fully saturated rings. The maximum Gasteiger partial charge on any atom is 0.223 e. The summed E-state index contributed by atoms with van der Waals surface area (Å²) < 4.78 is 0. The van der Waals surface area contributed by atoms with Crippen LogP contribution in [0.3, 0.4) is 0 Å². The number of hydrogen-bond acceptors (Lipinski definition) is 2. The molecule has 102 valence electrons. The molecular weight excluding hydrogens is 280 g/mol. The van der Waals surface area contributed by atoms with E-state index in [1.54, 1.807) is 0 Å². The van der Waals surface area contributed by atoms with Gasteiger partial charge < -0.3 is 0 Å². The van der Waals surface area contributed by atoms with Gasteiger partial charge in [0.1, 0.15) is 0 Å². The maximum atomic E-state index is 6.17. The number of allylic oxidation sites excluding steroid dienone is 5. The highest BCUT2D eigenvalue weighted by atomic mass is 35.5. The Balaban J connectivity index is 1.94. The molecule has 1 heterocycles. The van der Waals surface area contributed by atoms with E-state index >= 15 is 0 Å². The Bertz CT molecular complexity index is 775. The minimum Gasteiger partial charge on any atom is -0.222 e. The Labute approximate surface area is 128 Å². The SMILES string of the molecule is Clc1nc(-c2ccccc2)c2c(n1)C1C=CC=CC1C=C2. The van der Waals surface area contributed by atoms with Crippen molar-refractivity contribution in [1.82, 2.24) is 9.97 Å². The molecule has 3 heteroatoms. The summed E-state index contributed by atoms with van der Waals surface area (Å²) in [5.41, 5.74) is 4.06. The van der Waals surface area contributed by atoms with Crippen molar-refractivity contribution in [2.24, 2.45) is 5.92 Å².